The third-order valence-corrected chi connectivity index (χ3v) is 4.02. The lowest BCUT2D eigenvalue weighted by Crippen LogP contribution is -2.38. The third-order valence-electron chi connectivity index (χ3n) is 4.02. The van der Waals surface area contributed by atoms with Crippen molar-refractivity contribution in [2.45, 2.75) is 19.7 Å². The van der Waals surface area contributed by atoms with Crippen LogP contribution >= 0.6 is 0 Å². The zero-order chi connectivity index (χ0) is 16.4. The lowest BCUT2D eigenvalue weighted by molar-refractivity contribution is 0.0673. The Morgan fingerprint density at radius 2 is 2.04 bits per heavy atom. The van der Waals surface area contributed by atoms with Gasteiger partial charge in [0.2, 0.25) is 5.88 Å². The van der Waals surface area contributed by atoms with Crippen LogP contribution in [-0.2, 0) is 19.7 Å². The molecule has 0 fully saturated rings. The average molecular weight is 323 g/mol. The maximum Gasteiger partial charge on any atom is 0.289 e. The summed E-state index contributed by atoms with van der Waals surface area (Å²) in [7, 11) is 0. The minimum atomic E-state index is -0.0980. The van der Waals surface area contributed by atoms with Crippen LogP contribution < -0.4 is 4.74 Å². The van der Waals surface area contributed by atoms with E-state index in [2.05, 4.69) is 5.10 Å². The number of amides is 1. The Morgan fingerprint density at radius 3 is 2.83 bits per heavy atom. The molecule has 122 valence electrons. The zero-order valence-corrected chi connectivity index (χ0v) is 13.1. The van der Waals surface area contributed by atoms with Gasteiger partial charge in [-0.05, 0) is 17.7 Å². The van der Waals surface area contributed by atoms with Gasteiger partial charge >= 0.3 is 0 Å². The van der Waals surface area contributed by atoms with Crippen molar-refractivity contribution >= 4 is 5.91 Å². The monoisotopic (exact) mass is 323 g/mol. The van der Waals surface area contributed by atoms with Crippen molar-refractivity contribution in [3.63, 3.8) is 0 Å². The van der Waals surface area contributed by atoms with Gasteiger partial charge in [0.15, 0.2) is 5.76 Å². The molecule has 0 bridgehead atoms. The summed E-state index contributed by atoms with van der Waals surface area (Å²) in [6, 6.07) is 15.3. The van der Waals surface area contributed by atoms with Crippen LogP contribution in [0.3, 0.4) is 0 Å². The van der Waals surface area contributed by atoms with E-state index in [9.17, 15) is 4.79 Å². The van der Waals surface area contributed by atoms with Crippen LogP contribution in [-0.4, -0.2) is 27.1 Å². The number of aromatic nitrogens is 2. The van der Waals surface area contributed by atoms with Gasteiger partial charge in [0.05, 0.1) is 25.0 Å². The van der Waals surface area contributed by atoms with Crippen LogP contribution in [0.1, 0.15) is 21.8 Å². The lowest BCUT2D eigenvalue weighted by Gasteiger charge is -2.26. The number of carbonyl (C=O) groups excluding carboxylic acids is 1. The molecule has 1 aliphatic heterocycles. The van der Waals surface area contributed by atoms with Crippen molar-refractivity contribution in [1.29, 1.82) is 0 Å². The largest absolute Gasteiger partial charge is 0.472 e. The van der Waals surface area contributed by atoms with Gasteiger partial charge in [-0.25, -0.2) is 0 Å². The second-order valence-electron chi connectivity index (χ2n) is 5.68. The number of benzene rings is 1. The van der Waals surface area contributed by atoms with Crippen LogP contribution in [0.5, 0.6) is 5.88 Å². The first-order valence-corrected chi connectivity index (χ1v) is 7.86. The highest BCUT2D eigenvalue weighted by Gasteiger charge is 2.25. The molecule has 2 aromatic heterocycles. The Labute approximate surface area is 139 Å². The van der Waals surface area contributed by atoms with Gasteiger partial charge in [-0.2, -0.15) is 0 Å². The van der Waals surface area contributed by atoms with Crippen molar-refractivity contribution in [1.82, 2.24) is 14.7 Å². The second kappa shape index (κ2) is 6.23. The molecule has 0 radical (unpaired) electrons. The van der Waals surface area contributed by atoms with Crippen LogP contribution in [0.2, 0.25) is 0 Å². The van der Waals surface area contributed by atoms with Crippen molar-refractivity contribution in [3.8, 4) is 5.88 Å². The number of furan rings is 1. The normalized spacial score (nSPS) is 13.6. The van der Waals surface area contributed by atoms with E-state index in [-0.39, 0.29) is 5.91 Å². The van der Waals surface area contributed by atoms with Crippen LogP contribution in [0.4, 0.5) is 0 Å². The molecule has 0 atom stereocenters. The second-order valence-corrected chi connectivity index (χ2v) is 5.68. The summed E-state index contributed by atoms with van der Waals surface area (Å²) in [4.78, 5) is 14.1. The molecule has 24 heavy (non-hydrogen) atoms. The van der Waals surface area contributed by atoms with Crippen molar-refractivity contribution < 1.29 is 13.9 Å². The Hall–Kier alpha value is -3.02. The predicted octanol–water partition coefficient (Wildman–Crippen LogP) is 2.71. The van der Waals surface area contributed by atoms with Gasteiger partial charge in [0.25, 0.3) is 5.91 Å². The first-order valence-electron chi connectivity index (χ1n) is 7.86. The van der Waals surface area contributed by atoms with E-state index in [1.54, 1.807) is 17.0 Å². The molecule has 0 spiro atoms. The van der Waals surface area contributed by atoms with E-state index >= 15 is 0 Å². The van der Waals surface area contributed by atoms with E-state index in [0.29, 0.717) is 37.9 Å². The number of hydrogen-bond donors (Lipinski definition) is 0. The molecule has 0 N–H and O–H groups in total. The van der Waals surface area contributed by atoms with Gasteiger partial charge in [-0.15, -0.1) is 5.10 Å². The summed E-state index contributed by atoms with van der Waals surface area (Å²) in [5, 5.41) is 4.46. The Morgan fingerprint density at radius 1 is 1.17 bits per heavy atom. The Balaban J connectivity index is 1.43. The van der Waals surface area contributed by atoms with Gasteiger partial charge in [-0.1, -0.05) is 30.3 Å². The zero-order valence-electron chi connectivity index (χ0n) is 13.1. The van der Waals surface area contributed by atoms with E-state index in [0.717, 1.165) is 11.3 Å². The highest BCUT2D eigenvalue weighted by atomic mass is 16.5. The first-order chi connectivity index (χ1) is 11.8. The summed E-state index contributed by atoms with van der Waals surface area (Å²) in [5.74, 6) is 0.851. The molecule has 6 nitrogen and oxygen atoms in total. The SMILES string of the molecule is O=C(c1ccco1)N1CCn2nc(OCc3ccccc3)cc2C1. The summed E-state index contributed by atoms with van der Waals surface area (Å²) in [6.07, 6.45) is 1.51. The molecule has 3 heterocycles. The molecular formula is C18H17N3O3. The molecule has 0 saturated heterocycles. The van der Waals surface area contributed by atoms with E-state index in [1.165, 1.54) is 6.26 Å². The lowest BCUT2D eigenvalue weighted by atomic mass is 10.2. The van der Waals surface area contributed by atoms with Crippen LogP contribution in [0, 0.1) is 0 Å². The molecule has 0 saturated carbocycles. The van der Waals surface area contributed by atoms with E-state index in [4.69, 9.17) is 9.15 Å². The fraction of sp³-hybridized carbons (Fsp3) is 0.222. The summed E-state index contributed by atoms with van der Waals surface area (Å²) < 4.78 is 12.8. The fourth-order valence-corrected chi connectivity index (χ4v) is 2.77. The molecule has 1 aliphatic rings. The smallest absolute Gasteiger partial charge is 0.289 e. The average Bonchev–Trinajstić information content (AvgIpc) is 3.29. The van der Waals surface area contributed by atoms with E-state index < -0.39 is 0 Å². The van der Waals surface area contributed by atoms with Gasteiger partial charge in [-0.3, -0.25) is 9.48 Å². The molecule has 1 amide bonds. The number of hydrogen-bond acceptors (Lipinski definition) is 4. The van der Waals surface area contributed by atoms with Gasteiger partial charge < -0.3 is 14.1 Å². The summed E-state index contributed by atoms with van der Waals surface area (Å²) >= 11 is 0. The molecule has 3 aromatic rings. The van der Waals surface area contributed by atoms with Gasteiger partial charge in [0, 0.05) is 12.6 Å². The standard InChI is InChI=1S/C18H17N3O3/c22-18(16-7-4-10-23-16)20-8-9-21-15(12-20)11-17(19-21)24-13-14-5-2-1-3-6-14/h1-7,10-11H,8-9,12-13H2. The number of rotatable bonds is 4. The van der Waals surface area contributed by atoms with Crippen LogP contribution in [0.15, 0.2) is 59.2 Å². The van der Waals surface area contributed by atoms with Crippen molar-refractivity contribution in [2.75, 3.05) is 6.54 Å². The summed E-state index contributed by atoms with van der Waals surface area (Å²) in [5.41, 5.74) is 2.06. The molecule has 1 aromatic carbocycles. The third kappa shape index (κ3) is 2.90. The molecular weight excluding hydrogens is 306 g/mol. The van der Waals surface area contributed by atoms with Gasteiger partial charge in [0.1, 0.15) is 6.61 Å². The van der Waals surface area contributed by atoms with Crippen molar-refractivity contribution in [2.24, 2.45) is 0 Å². The Kier molecular flexibility index (Phi) is 3.78. The molecule has 6 heteroatoms. The first kappa shape index (κ1) is 14.6. The number of nitrogens with zero attached hydrogens (tertiary/aromatic N) is 3. The highest BCUT2D eigenvalue weighted by molar-refractivity contribution is 5.91. The summed E-state index contributed by atoms with van der Waals surface area (Å²) in [6.45, 7) is 2.23. The number of ether oxygens (including phenoxy) is 1. The molecule has 0 unspecified atom stereocenters. The highest BCUT2D eigenvalue weighted by Crippen LogP contribution is 2.20. The minimum Gasteiger partial charge on any atom is -0.472 e. The number of carbonyl (C=O) groups is 1. The Bertz CT molecular complexity index is 825. The van der Waals surface area contributed by atoms with Crippen molar-refractivity contribution in [3.05, 3.63) is 71.8 Å². The quantitative estimate of drug-likeness (QED) is 0.741. The van der Waals surface area contributed by atoms with Crippen LogP contribution in [0.25, 0.3) is 0 Å². The fourth-order valence-electron chi connectivity index (χ4n) is 2.77. The molecule has 0 aliphatic carbocycles. The predicted molar refractivity (Wildman–Crippen MR) is 86.4 cm³/mol. The van der Waals surface area contributed by atoms with E-state index in [1.807, 2.05) is 41.1 Å². The minimum absolute atomic E-state index is 0.0980. The maximum absolute atomic E-state index is 12.4. The molecule has 4 rings (SSSR count). The number of fused-ring (bicyclic) bond motifs is 1. The maximum atomic E-state index is 12.4. The topological polar surface area (TPSA) is 60.5 Å².